The Morgan fingerprint density at radius 1 is 1.36 bits per heavy atom. The Morgan fingerprint density at radius 3 is 2.43 bits per heavy atom. The van der Waals surface area contributed by atoms with Crippen LogP contribution < -0.4 is 0 Å². The van der Waals surface area contributed by atoms with Crippen molar-refractivity contribution in [2.75, 3.05) is 0 Å². The lowest BCUT2D eigenvalue weighted by Crippen LogP contribution is -2.17. The first-order chi connectivity index (χ1) is 6.60. The first-order valence-electron chi connectivity index (χ1n) is 5.49. The fourth-order valence-corrected chi connectivity index (χ4v) is 1.65. The third-order valence-electron chi connectivity index (χ3n) is 2.56. The van der Waals surface area contributed by atoms with E-state index in [1.54, 1.807) is 0 Å². The van der Waals surface area contributed by atoms with E-state index in [2.05, 4.69) is 13.8 Å². The Hall–Kier alpha value is -0.570. The molecule has 3 nitrogen and oxygen atoms in total. The van der Waals surface area contributed by atoms with E-state index < -0.39 is 12.1 Å². The molecule has 2 unspecified atom stereocenters. The van der Waals surface area contributed by atoms with Crippen molar-refractivity contribution in [1.29, 1.82) is 0 Å². The highest BCUT2D eigenvalue weighted by atomic mass is 16.4. The van der Waals surface area contributed by atoms with Crippen LogP contribution in [0.15, 0.2) is 0 Å². The smallest absolute Gasteiger partial charge is 0.305 e. The summed E-state index contributed by atoms with van der Waals surface area (Å²) >= 11 is 0. The zero-order valence-corrected chi connectivity index (χ0v) is 9.20. The van der Waals surface area contributed by atoms with Crippen molar-refractivity contribution in [3.63, 3.8) is 0 Å². The van der Waals surface area contributed by atoms with E-state index in [1.807, 2.05) is 0 Å². The summed E-state index contributed by atoms with van der Waals surface area (Å²) in [5.41, 5.74) is 0. The summed E-state index contributed by atoms with van der Waals surface area (Å²) in [4.78, 5) is 10.3. The van der Waals surface area contributed by atoms with Gasteiger partial charge >= 0.3 is 5.97 Å². The van der Waals surface area contributed by atoms with E-state index in [0.29, 0.717) is 12.3 Å². The molecule has 2 N–H and O–H groups in total. The Kier molecular flexibility index (Phi) is 7.48. The molecule has 2 atom stereocenters. The van der Waals surface area contributed by atoms with E-state index in [-0.39, 0.29) is 6.42 Å². The van der Waals surface area contributed by atoms with Crippen molar-refractivity contribution < 1.29 is 15.0 Å². The molecule has 0 radical (unpaired) electrons. The van der Waals surface area contributed by atoms with Crippen molar-refractivity contribution in [1.82, 2.24) is 0 Å². The molecule has 84 valence electrons. The van der Waals surface area contributed by atoms with Gasteiger partial charge in [-0.15, -0.1) is 0 Å². The van der Waals surface area contributed by atoms with Gasteiger partial charge in [-0.3, -0.25) is 4.79 Å². The molecule has 0 aliphatic rings. The fourth-order valence-electron chi connectivity index (χ4n) is 1.65. The molecule has 0 saturated carbocycles. The normalized spacial score (nSPS) is 15.1. The summed E-state index contributed by atoms with van der Waals surface area (Å²) in [5.74, 6) is -0.438. The lowest BCUT2D eigenvalue weighted by atomic mass is 9.92. The first kappa shape index (κ1) is 13.4. The number of aliphatic hydroxyl groups is 1. The molecule has 14 heavy (non-hydrogen) atoms. The van der Waals surface area contributed by atoms with Crippen LogP contribution in [0.3, 0.4) is 0 Å². The predicted molar refractivity (Wildman–Crippen MR) is 56.2 cm³/mol. The lowest BCUT2D eigenvalue weighted by Gasteiger charge is -2.17. The predicted octanol–water partition coefficient (Wildman–Crippen LogP) is 2.43. The second-order valence-electron chi connectivity index (χ2n) is 3.90. The van der Waals surface area contributed by atoms with E-state index in [1.165, 1.54) is 0 Å². The first-order valence-corrected chi connectivity index (χ1v) is 5.49. The summed E-state index contributed by atoms with van der Waals surface area (Å²) in [6.45, 7) is 4.23. The summed E-state index contributed by atoms with van der Waals surface area (Å²) in [7, 11) is 0. The molecule has 0 spiro atoms. The maximum atomic E-state index is 10.3. The molecule has 0 saturated heterocycles. The zero-order chi connectivity index (χ0) is 11.0. The average molecular weight is 202 g/mol. The van der Waals surface area contributed by atoms with Gasteiger partial charge in [0, 0.05) is 0 Å². The molecule has 3 heteroatoms. The standard InChI is InChI=1S/C11H22O3/c1-3-5-6-9(4-2)7-10(12)8-11(13)14/h9-10,12H,3-8H2,1-2H3,(H,13,14). The van der Waals surface area contributed by atoms with Crippen LogP contribution in [-0.4, -0.2) is 22.3 Å². The minimum absolute atomic E-state index is 0.122. The van der Waals surface area contributed by atoms with Crippen molar-refractivity contribution in [2.24, 2.45) is 5.92 Å². The number of aliphatic carboxylic acids is 1. The number of hydrogen-bond acceptors (Lipinski definition) is 2. The van der Waals surface area contributed by atoms with Crippen LogP contribution in [0.4, 0.5) is 0 Å². The van der Waals surface area contributed by atoms with E-state index >= 15 is 0 Å². The van der Waals surface area contributed by atoms with E-state index in [4.69, 9.17) is 5.11 Å². The van der Waals surface area contributed by atoms with Gasteiger partial charge in [-0.05, 0) is 12.3 Å². The van der Waals surface area contributed by atoms with Crippen LogP contribution in [-0.2, 0) is 4.79 Å². The molecule has 0 rings (SSSR count). The summed E-state index contributed by atoms with van der Waals surface area (Å²) in [6.07, 6.45) is 4.28. The topological polar surface area (TPSA) is 57.5 Å². The van der Waals surface area contributed by atoms with Gasteiger partial charge in [0.05, 0.1) is 12.5 Å². The average Bonchev–Trinajstić information content (AvgIpc) is 2.10. The molecule has 0 aliphatic carbocycles. The third-order valence-corrected chi connectivity index (χ3v) is 2.56. The zero-order valence-electron chi connectivity index (χ0n) is 9.20. The van der Waals surface area contributed by atoms with Gasteiger partial charge in [0.2, 0.25) is 0 Å². The van der Waals surface area contributed by atoms with Gasteiger partial charge in [-0.1, -0.05) is 39.5 Å². The highest BCUT2D eigenvalue weighted by Gasteiger charge is 2.15. The van der Waals surface area contributed by atoms with Crippen molar-refractivity contribution in [3.8, 4) is 0 Å². The van der Waals surface area contributed by atoms with Gasteiger partial charge < -0.3 is 10.2 Å². The summed E-state index contributed by atoms with van der Waals surface area (Å²) in [6, 6.07) is 0. The largest absolute Gasteiger partial charge is 0.481 e. The number of carboxylic acids is 1. The molecule has 0 aromatic heterocycles. The van der Waals surface area contributed by atoms with Crippen LogP contribution in [0, 0.1) is 5.92 Å². The van der Waals surface area contributed by atoms with Crippen molar-refractivity contribution >= 4 is 5.97 Å². The van der Waals surface area contributed by atoms with Crippen LogP contribution in [0.2, 0.25) is 0 Å². The maximum Gasteiger partial charge on any atom is 0.305 e. The van der Waals surface area contributed by atoms with Gasteiger partial charge in [0.1, 0.15) is 0 Å². The van der Waals surface area contributed by atoms with Crippen molar-refractivity contribution in [3.05, 3.63) is 0 Å². The minimum Gasteiger partial charge on any atom is -0.481 e. The quantitative estimate of drug-likeness (QED) is 0.635. The van der Waals surface area contributed by atoms with E-state index in [0.717, 1.165) is 25.7 Å². The van der Waals surface area contributed by atoms with Gasteiger partial charge in [-0.2, -0.15) is 0 Å². The number of rotatable bonds is 8. The second-order valence-corrected chi connectivity index (χ2v) is 3.90. The monoisotopic (exact) mass is 202 g/mol. The van der Waals surface area contributed by atoms with Gasteiger partial charge in [0.15, 0.2) is 0 Å². The van der Waals surface area contributed by atoms with Gasteiger partial charge in [0.25, 0.3) is 0 Å². The van der Waals surface area contributed by atoms with Crippen LogP contribution >= 0.6 is 0 Å². The molecule has 0 heterocycles. The molecule has 0 bridgehead atoms. The number of unbranched alkanes of at least 4 members (excludes halogenated alkanes) is 1. The second kappa shape index (κ2) is 7.80. The Bertz CT molecular complexity index is 157. The maximum absolute atomic E-state index is 10.3. The highest BCUT2D eigenvalue weighted by molar-refractivity contribution is 5.67. The molecule has 0 aliphatic heterocycles. The molecule has 0 fully saturated rings. The van der Waals surface area contributed by atoms with E-state index in [9.17, 15) is 9.90 Å². The highest BCUT2D eigenvalue weighted by Crippen LogP contribution is 2.19. The summed E-state index contributed by atoms with van der Waals surface area (Å²) in [5, 5.41) is 17.9. The Labute approximate surface area is 86.1 Å². The summed E-state index contributed by atoms with van der Waals surface area (Å²) < 4.78 is 0. The third kappa shape index (κ3) is 6.89. The lowest BCUT2D eigenvalue weighted by molar-refractivity contribution is -0.139. The fraction of sp³-hybridized carbons (Fsp3) is 0.909. The number of hydrogen-bond donors (Lipinski definition) is 2. The number of carboxylic acid groups (broad SMARTS) is 1. The van der Waals surface area contributed by atoms with Crippen LogP contribution in [0.1, 0.15) is 52.4 Å². The molecule has 0 amide bonds. The molecular weight excluding hydrogens is 180 g/mol. The Balaban J connectivity index is 3.73. The minimum atomic E-state index is -0.914. The SMILES string of the molecule is CCCCC(CC)CC(O)CC(=O)O. The molecule has 0 aromatic rings. The Morgan fingerprint density at radius 2 is 2.00 bits per heavy atom. The van der Waals surface area contributed by atoms with Crippen LogP contribution in [0.25, 0.3) is 0 Å². The van der Waals surface area contributed by atoms with Crippen LogP contribution in [0.5, 0.6) is 0 Å². The molecular formula is C11H22O3. The van der Waals surface area contributed by atoms with Crippen molar-refractivity contribution in [2.45, 2.75) is 58.5 Å². The molecule has 0 aromatic carbocycles. The number of carbonyl (C=O) groups is 1. The van der Waals surface area contributed by atoms with Gasteiger partial charge in [-0.25, -0.2) is 0 Å². The number of aliphatic hydroxyl groups excluding tert-OH is 1.